The maximum Gasteiger partial charge on any atom is 0.0724 e. The molecule has 2 saturated heterocycles. The van der Waals surface area contributed by atoms with Crippen LogP contribution in [-0.4, -0.2) is 48.1 Å². The van der Waals surface area contributed by atoms with E-state index in [4.69, 9.17) is 14.2 Å². The Kier molecular flexibility index (Phi) is 5.11. The van der Waals surface area contributed by atoms with Crippen LogP contribution in [-0.2, 0) is 14.2 Å². The molecule has 0 aromatic heterocycles. The summed E-state index contributed by atoms with van der Waals surface area (Å²) < 4.78 is 18.2. The molecule has 0 N–H and O–H groups in total. The first-order chi connectivity index (χ1) is 9.16. The SMILES string of the molecule is CC(C)(C)OC[C@@H]1[C@H](COC(C)(C)C)[C@H]2CSC[C@@H]1O2. The molecular weight excluding hydrogens is 272 g/mol. The van der Waals surface area contributed by atoms with E-state index in [-0.39, 0.29) is 11.2 Å². The molecule has 4 heteroatoms. The zero-order valence-electron chi connectivity index (χ0n) is 13.8. The Morgan fingerprint density at radius 1 is 0.850 bits per heavy atom. The van der Waals surface area contributed by atoms with Gasteiger partial charge in [-0.2, -0.15) is 11.8 Å². The Morgan fingerprint density at radius 3 is 1.60 bits per heavy atom. The van der Waals surface area contributed by atoms with E-state index in [9.17, 15) is 0 Å². The van der Waals surface area contributed by atoms with Gasteiger partial charge in [-0.15, -0.1) is 0 Å². The van der Waals surface area contributed by atoms with Gasteiger partial charge in [0.1, 0.15) is 0 Å². The molecule has 0 aliphatic carbocycles. The maximum atomic E-state index is 6.17. The molecule has 118 valence electrons. The van der Waals surface area contributed by atoms with Gasteiger partial charge in [0.25, 0.3) is 0 Å². The monoisotopic (exact) mass is 302 g/mol. The first-order valence-electron chi connectivity index (χ1n) is 7.67. The largest absolute Gasteiger partial charge is 0.375 e. The Hall–Kier alpha value is 0.230. The smallest absolute Gasteiger partial charge is 0.0724 e. The first-order valence-corrected chi connectivity index (χ1v) is 8.82. The number of ether oxygens (including phenoxy) is 3. The number of thioether (sulfide) groups is 1. The van der Waals surface area contributed by atoms with Crippen molar-refractivity contribution in [3.63, 3.8) is 0 Å². The van der Waals surface area contributed by atoms with Gasteiger partial charge in [-0.3, -0.25) is 0 Å². The van der Waals surface area contributed by atoms with Gasteiger partial charge in [-0.25, -0.2) is 0 Å². The van der Waals surface area contributed by atoms with Crippen molar-refractivity contribution in [2.24, 2.45) is 11.8 Å². The van der Waals surface area contributed by atoms with E-state index in [0.717, 1.165) is 24.7 Å². The van der Waals surface area contributed by atoms with E-state index in [1.807, 2.05) is 11.8 Å². The fraction of sp³-hybridized carbons (Fsp3) is 1.00. The van der Waals surface area contributed by atoms with Crippen LogP contribution < -0.4 is 0 Å². The zero-order chi connectivity index (χ0) is 15.0. The summed E-state index contributed by atoms with van der Waals surface area (Å²) in [7, 11) is 0. The van der Waals surface area contributed by atoms with Crippen molar-refractivity contribution in [2.75, 3.05) is 24.7 Å². The molecule has 2 aliphatic rings. The Bertz CT molecular complexity index is 289. The van der Waals surface area contributed by atoms with Crippen LogP contribution >= 0.6 is 11.8 Å². The minimum absolute atomic E-state index is 0.0841. The van der Waals surface area contributed by atoms with Crippen molar-refractivity contribution in [2.45, 2.75) is 65.0 Å². The number of rotatable bonds is 4. The molecule has 4 atom stereocenters. The van der Waals surface area contributed by atoms with E-state index in [1.165, 1.54) is 0 Å². The van der Waals surface area contributed by atoms with Crippen molar-refractivity contribution in [1.29, 1.82) is 0 Å². The lowest BCUT2D eigenvalue weighted by Gasteiger charge is -2.29. The molecule has 0 spiro atoms. The van der Waals surface area contributed by atoms with Crippen LogP contribution in [0.25, 0.3) is 0 Å². The summed E-state index contributed by atoms with van der Waals surface area (Å²) in [5.74, 6) is 3.13. The average molecular weight is 302 g/mol. The van der Waals surface area contributed by atoms with Crippen molar-refractivity contribution in [3.8, 4) is 0 Å². The fourth-order valence-corrected chi connectivity index (χ4v) is 4.01. The number of fused-ring (bicyclic) bond motifs is 2. The van der Waals surface area contributed by atoms with Gasteiger partial charge >= 0.3 is 0 Å². The van der Waals surface area contributed by atoms with E-state index in [1.54, 1.807) is 0 Å². The molecule has 0 aromatic carbocycles. The second-order valence-electron chi connectivity index (χ2n) is 7.92. The predicted octanol–water partition coefficient (Wildman–Crippen LogP) is 3.36. The Balaban J connectivity index is 1.97. The highest BCUT2D eigenvalue weighted by Gasteiger charge is 2.47. The third kappa shape index (κ3) is 4.62. The van der Waals surface area contributed by atoms with Crippen LogP contribution in [0.1, 0.15) is 41.5 Å². The summed E-state index contributed by atoms with van der Waals surface area (Å²) >= 11 is 2.01. The molecule has 2 bridgehead atoms. The molecule has 0 unspecified atom stereocenters. The first kappa shape index (κ1) is 16.6. The molecule has 0 aromatic rings. The lowest BCUT2D eigenvalue weighted by molar-refractivity contribution is -0.0597. The van der Waals surface area contributed by atoms with Crippen molar-refractivity contribution < 1.29 is 14.2 Å². The van der Waals surface area contributed by atoms with Gasteiger partial charge in [0.2, 0.25) is 0 Å². The van der Waals surface area contributed by atoms with Crippen LogP contribution in [0.4, 0.5) is 0 Å². The molecule has 3 nitrogen and oxygen atoms in total. The summed E-state index contributed by atoms with van der Waals surface area (Å²) in [4.78, 5) is 0. The lowest BCUT2D eigenvalue weighted by atomic mass is 9.89. The van der Waals surface area contributed by atoms with Crippen molar-refractivity contribution in [3.05, 3.63) is 0 Å². The molecule has 2 heterocycles. The maximum absolute atomic E-state index is 6.17. The van der Waals surface area contributed by atoms with Crippen LogP contribution in [0.3, 0.4) is 0 Å². The highest BCUT2D eigenvalue weighted by atomic mass is 32.2. The molecule has 0 saturated carbocycles. The number of hydrogen-bond acceptors (Lipinski definition) is 4. The highest BCUT2D eigenvalue weighted by molar-refractivity contribution is 7.99. The number of hydrogen-bond donors (Lipinski definition) is 0. The molecule has 2 aliphatic heterocycles. The summed E-state index contributed by atoms with van der Waals surface area (Å²) in [5.41, 5.74) is -0.168. The van der Waals surface area contributed by atoms with Crippen molar-refractivity contribution in [1.82, 2.24) is 0 Å². The third-order valence-corrected chi connectivity index (χ3v) is 4.96. The molecule has 2 fully saturated rings. The van der Waals surface area contributed by atoms with E-state index < -0.39 is 0 Å². The van der Waals surface area contributed by atoms with Gasteiger partial charge in [0, 0.05) is 23.3 Å². The van der Waals surface area contributed by atoms with Gasteiger partial charge in [-0.05, 0) is 41.5 Å². The summed E-state index contributed by atoms with van der Waals surface area (Å²) in [6.45, 7) is 14.3. The Morgan fingerprint density at radius 2 is 1.25 bits per heavy atom. The van der Waals surface area contributed by atoms with Crippen molar-refractivity contribution >= 4 is 11.8 Å². The molecule has 20 heavy (non-hydrogen) atoms. The molecule has 0 amide bonds. The molecular formula is C16H30O3S. The molecule has 0 radical (unpaired) electrons. The predicted molar refractivity (Wildman–Crippen MR) is 84.4 cm³/mol. The summed E-state index contributed by atoms with van der Waals surface area (Å²) in [6.07, 6.45) is 0.685. The zero-order valence-corrected chi connectivity index (χ0v) is 14.6. The summed E-state index contributed by atoms with van der Waals surface area (Å²) in [6, 6.07) is 0. The van der Waals surface area contributed by atoms with E-state index in [2.05, 4.69) is 41.5 Å². The van der Waals surface area contributed by atoms with Crippen LogP contribution in [0.2, 0.25) is 0 Å². The second kappa shape index (κ2) is 6.15. The van der Waals surface area contributed by atoms with Crippen LogP contribution in [0.5, 0.6) is 0 Å². The fourth-order valence-electron chi connectivity index (χ4n) is 2.76. The normalized spacial score (nSPS) is 34.5. The highest BCUT2D eigenvalue weighted by Crippen LogP contribution is 2.41. The lowest BCUT2D eigenvalue weighted by Crippen LogP contribution is -2.35. The minimum atomic E-state index is -0.0841. The van der Waals surface area contributed by atoms with E-state index in [0.29, 0.717) is 24.0 Å². The van der Waals surface area contributed by atoms with Gasteiger partial charge in [0.15, 0.2) is 0 Å². The van der Waals surface area contributed by atoms with Gasteiger partial charge in [0.05, 0.1) is 36.6 Å². The van der Waals surface area contributed by atoms with Crippen LogP contribution in [0.15, 0.2) is 0 Å². The third-order valence-electron chi connectivity index (χ3n) is 3.84. The Labute approximate surface area is 128 Å². The average Bonchev–Trinajstić information content (AvgIpc) is 2.53. The van der Waals surface area contributed by atoms with Gasteiger partial charge in [-0.1, -0.05) is 0 Å². The minimum Gasteiger partial charge on any atom is -0.375 e. The molecule has 2 rings (SSSR count). The second-order valence-corrected chi connectivity index (χ2v) is 9.00. The van der Waals surface area contributed by atoms with E-state index >= 15 is 0 Å². The summed E-state index contributed by atoms with van der Waals surface area (Å²) in [5, 5.41) is 0. The topological polar surface area (TPSA) is 27.7 Å². The van der Waals surface area contributed by atoms with Gasteiger partial charge < -0.3 is 14.2 Å². The van der Waals surface area contributed by atoms with Crippen LogP contribution in [0, 0.1) is 11.8 Å². The quantitative estimate of drug-likeness (QED) is 0.796. The standard InChI is InChI=1S/C16H30O3S/c1-15(2,3)17-7-11-12(8-18-16(4,5)6)14-10-20-9-13(11)19-14/h11-14H,7-10H2,1-6H3/t11-,12+,13+,14-.